The summed E-state index contributed by atoms with van der Waals surface area (Å²) < 4.78 is 2.18. The lowest BCUT2D eigenvalue weighted by atomic mass is 10.0. The molecule has 2 aliphatic rings. The van der Waals surface area contributed by atoms with Crippen LogP contribution in [0.4, 0.5) is 5.69 Å². The number of aryl methyl sites for hydroxylation is 1. The van der Waals surface area contributed by atoms with Crippen molar-refractivity contribution in [2.24, 2.45) is 0 Å². The molecule has 126 valence electrons. The zero-order chi connectivity index (χ0) is 15.9. The lowest BCUT2D eigenvalue weighted by Gasteiger charge is -2.24. The van der Waals surface area contributed by atoms with Crippen LogP contribution >= 0.6 is 11.8 Å². The first-order valence-corrected chi connectivity index (χ1v) is 9.06. The summed E-state index contributed by atoms with van der Waals surface area (Å²) in [5.74, 6) is 1.11. The van der Waals surface area contributed by atoms with Crippen molar-refractivity contribution in [3.05, 3.63) is 65.7 Å². The Morgan fingerprint density at radius 1 is 1.08 bits per heavy atom. The number of thioether (sulfide) groups is 1. The van der Waals surface area contributed by atoms with E-state index in [0.717, 1.165) is 30.0 Å². The van der Waals surface area contributed by atoms with Crippen LogP contribution in [0.1, 0.15) is 17.5 Å². The van der Waals surface area contributed by atoms with E-state index in [4.69, 9.17) is 0 Å². The Morgan fingerprint density at radius 2 is 1.79 bits per heavy atom. The van der Waals surface area contributed by atoms with Crippen molar-refractivity contribution in [2.45, 2.75) is 19.1 Å². The first-order chi connectivity index (χ1) is 11.2. The fourth-order valence-electron chi connectivity index (χ4n) is 3.38. The fraction of sp³-hybridized carbons (Fsp3) is 0.316. The second-order valence-corrected chi connectivity index (χ2v) is 7.30. The molecule has 0 bridgehead atoms. The highest BCUT2D eigenvalue weighted by Crippen LogP contribution is 2.37. The molecule has 0 aliphatic carbocycles. The van der Waals surface area contributed by atoms with Gasteiger partial charge in [0.05, 0.1) is 6.54 Å². The number of nitrogens with zero attached hydrogens (tertiary/aromatic N) is 2. The summed E-state index contributed by atoms with van der Waals surface area (Å²) >= 11 is 1.85. The molecule has 2 heterocycles. The third kappa shape index (κ3) is 2.89. The molecule has 0 saturated carbocycles. The van der Waals surface area contributed by atoms with Crippen LogP contribution in [0.15, 0.2) is 54.6 Å². The summed E-state index contributed by atoms with van der Waals surface area (Å²) in [6, 6.07) is 18.6. The normalized spacial score (nSPS) is 23.0. The van der Waals surface area contributed by atoms with Gasteiger partial charge in [-0.2, -0.15) is 0 Å². The SMILES string of the molecule is Cc1ccc(N2CC(O)(c3ccccc3)[N+]3=C2SCCC3)cc1.[Br-]. The van der Waals surface area contributed by atoms with Crippen molar-refractivity contribution < 1.29 is 26.7 Å². The molecule has 2 aliphatic heterocycles. The maximum absolute atomic E-state index is 11.5. The summed E-state index contributed by atoms with van der Waals surface area (Å²) in [4.78, 5) is 2.26. The Labute approximate surface area is 157 Å². The molecule has 1 N–H and O–H groups in total. The van der Waals surface area contributed by atoms with Crippen LogP contribution in [-0.4, -0.2) is 33.7 Å². The van der Waals surface area contributed by atoms with E-state index in [1.807, 2.05) is 42.1 Å². The minimum Gasteiger partial charge on any atom is -1.00 e. The molecule has 0 aromatic heterocycles. The van der Waals surface area contributed by atoms with Gasteiger partial charge >= 0.3 is 5.17 Å². The predicted octanol–water partition coefficient (Wildman–Crippen LogP) is 0.170. The number of hydrogen-bond acceptors (Lipinski definition) is 3. The lowest BCUT2D eigenvalue weighted by Crippen LogP contribution is -3.00. The van der Waals surface area contributed by atoms with Crippen LogP contribution < -0.4 is 21.9 Å². The van der Waals surface area contributed by atoms with Crippen molar-refractivity contribution in [1.82, 2.24) is 0 Å². The molecule has 0 radical (unpaired) electrons. The molecule has 4 rings (SSSR count). The zero-order valence-electron chi connectivity index (χ0n) is 13.7. The summed E-state index contributed by atoms with van der Waals surface area (Å²) in [6.07, 6.45) is 1.10. The van der Waals surface area contributed by atoms with Gasteiger partial charge in [0.15, 0.2) is 6.54 Å². The van der Waals surface area contributed by atoms with Gasteiger partial charge in [0.1, 0.15) is 5.69 Å². The standard InChI is InChI=1S/C19H21N2OS.BrH/c1-15-8-10-17(11-9-15)20-14-19(22,16-6-3-2-4-7-16)21-12-5-13-23-18(20)21;/h2-4,6-11,22H,5,12-14H2,1H3;1H/q+1;/p-1. The summed E-state index contributed by atoms with van der Waals surface area (Å²) in [6.45, 7) is 3.57. The van der Waals surface area contributed by atoms with E-state index in [0.29, 0.717) is 6.54 Å². The molecular weight excluding hydrogens is 384 g/mol. The molecular formula is C19H21BrN2OS. The van der Waals surface area contributed by atoms with E-state index in [1.54, 1.807) is 0 Å². The first kappa shape index (κ1) is 17.5. The molecule has 0 fully saturated rings. The first-order valence-electron chi connectivity index (χ1n) is 8.08. The van der Waals surface area contributed by atoms with Gasteiger partial charge in [-0.15, -0.1) is 0 Å². The number of hydrogen-bond donors (Lipinski definition) is 1. The van der Waals surface area contributed by atoms with Crippen molar-refractivity contribution in [2.75, 3.05) is 23.7 Å². The number of amidine groups is 1. The molecule has 0 amide bonds. The second kappa shape index (κ2) is 6.90. The molecule has 5 heteroatoms. The van der Waals surface area contributed by atoms with E-state index in [-0.39, 0.29) is 17.0 Å². The van der Waals surface area contributed by atoms with Crippen LogP contribution in [0, 0.1) is 6.92 Å². The Morgan fingerprint density at radius 3 is 2.50 bits per heavy atom. The van der Waals surface area contributed by atoms with E-state index in [2.05, 4.69) is 40.7 Å². The smallest absolute Gasteiger partial charge is 0.316 e. The molecule has 1 unspecified atom stereocenters. The van der Waals surface area contributed by atoms with Gasteiger partial charge in [-0.25, -0.2) is 9.48 Å². The van der Waals surface area contributed by atoms with E-state index >= 15 is 0 Å². The van der Waals surface area contributed by atoms with Gasteiger partial charge in [-0.1, -0.05) is 48.0 Å². The number of aliphatic hydroxyl groups is 1. The van der Waals surface area contributed by atoms with Gasteiger partial charge in [0.25, 0.3) is 5.72 Å². The van der Waals surface area contributed by atoms with E-state index < -0.39 is 5.72 Å². The molecule has 3 nitrogen and oxygen atoms in total. The molecule has 2 aromatic rings. The van der Waals surface area contributed by atoms with Crippen molar-refractivity contribution in [3.8, 4) is 0 Å². The van der Waals surface area contributed by atoms with Gasteiger partial charge < -0.3 is 22.1 Å². The largest absolute Gasteiger partial charge is 1.00 e. The topological polar surface area (TPSA) is 26.5 Å². The highest BCUT2D eigenvalue weighted by molar-refractivity contribution is 8.13. The van der Waals surface area contributed by atoms with Crippen LogP contribution in [0.5, 0.6) is 0 Å². The highest BCUT2D eigenvalue weighted by Gasteiger charge is 2.53. The minimum atomic E-state index is -0.950. The van der Waals surface area contributed by atoms with Gasteiger partial charge in [-0.3, -0.25) is 0 Å². The summed E-state index contributed by atoms with van der Waals surface area (Å²) in [7, 11) is 0. The maximum Gasteiger partial charge on any atom is 0.316 e. The third-order valence-corrected chi connectivity index (χ3v) is 5.82. The Balaban J connectivity index is 0.00000169. The second-order valence-electron chi connectivity index (χ2n) is 6.24. The molecule has 1 atom stereocenters. The van der Waals surface area contributed by atoms with Crippen LogP contribution in [0.25, 0.3) is 0 Å². The summed E-state index contributed by atoms with van der Waals surface area (Å²) in [5, 5.41) is 12.7. The number of β-amino-alcohol motifs (C(OH)–C–C–N with tert-alkyl or cyclic N) is 1. The van der Waals surface area contributed by atoms with Crippen molar-refractivity contribution >= 4 is 22.6 Å². The third-order valence-electron chi connectivity index (χ3n) is 4.63. The maximum atomic E-state index is 11.5. The number of anilines is 1. The average Bonchev–Trinajstić information content (AvgIpc) is 2.91. The number of benzene rings is 2. The van der Waals surface area contributed by atoms with Crippen LogP contribution in [0.2, 0.25) is 0 Å². The Hall–Kier alpha value is -1.30. The predicted molar refractivity (Wildman–Crippen MR) is 96.1 cm³/mol. The Kier molecular flexibility index (Phi) is 5.04. The summed E-state index contributed by atoms with van der Waals surface area (Å²) in [5.41, 5.74) is 2.42. The van der Waals surface area contributed by atoms with Gasteiger partial charge in [0, 0.05) is 11.3 Å². The Bertz CT molecular complexity index is 748. The molecule has 0 saturated heterocycles. The number of halogens is 1. The average molecular weight is 405 g/mol. The quantitative estimate of drug-likeness (QED) is 0.722. The molecule has 24 heavy (non-hydrogen) atoms. The highest BCUT2D eigenvalue weighted by atomic mass is 79.9. The zero-order valence-corrected chi connectivity index (χ0v) is 16.1. The molecule has 2 aromatic carbocycles. The van der Waals surface area contributed by atoms with E-state index in [9.17, 15) is 5.11 Å². The van der Waals surface area contributed by atoms with Gasteiger partial charge in [0.2, 0.25) is 0 Å². The van der Waals surface area contributed by atoms with Gasteiger partial charge in [-0.05, 0) is 37.2 Å². The van der Waals surface area contributed by atoms with Crippen molar-refractivity contribution in [3.63, 3.8) is 0 Å². The minimum absolute atomic E-state index is 0. The van der Waals surface area contributed by atoms with Crippen LogP contribution in [-0.2, 0) is 5.72 Å². The molecule has 0 spiro atoms. The monoisotopic (exact) mass is 404 g/mol. The van der Waals surface area contributed by atoms with Crippen LogP contribution in [0.3, 0.4) is 0 Å². The van der Waals surface area contributed by atoms with Crippen molar-refractivity contribution in [1.29, 1.82) is 0 Å². The van der Waals surface area contributed by atoms with E-state index in [1.165, 1.54) is 10.7 Å². The number of rotatable bonds is 2. The fourth-order valence-corrected chi connectivity index (χ4v) is 4.56. The lowest BCUT2D eigenvalue weighted by molar-refractivity contribution is -0.656.